The molecule has 2 heterocycles. The predicted molar refractivity (Wildman–Crippen MR) is 103 cm³/mol. The third-order valence-electron chi connectivity index (χ3n) is 4.04. The topological polar surface area (TPSA) is 93.1 Å². The van der Waals surface area contributed by atoms with Crippen molar-refractivity contribution in [3.63, 3.8) is 0 Å². The molecule has 0 saturated carbocycles. The Morgan fingerprint density at radius 2 is 1.89 bits per heavy atom. The molecule has 1 aromatic carbocycles. The summed E-state index contributed by atoms with van der Waals surface area (Å²) >= 11 is 0. The van der Waals surface area contributed by atoms with Crippen molar-refractivity contribution >= 4 is 22.1 Å². The molecule has 2 aromatic rings. The molecule has 144 valence electrons. The van der Waals surface area contributed by atoms with E-state index in [0.717, 1.165) is 11.3 Å². The lowest BCUT2D eigenvalue weighted by molar-refractivity contribution is 0.171. The zero-order chi connectivity index (χ0) is 19.3. The number of rotatable bonds is 7. The van der Waals surface area contributed by atoms with E-state index in [-0.39, 0.29) is 4.90 Å². The van der Waals surface area contributed by atoms with Crippen LogP contribution in [0.25, 0.3) is 0 Å². The van der Waals surface area contributed by atoms with Crippen LogP contribution < -0.4 is 14.9 Å². The van der Waals surface area contributed by atoms with Gasteiger partial charge in [0.25, 0.3) is 0 Å². The summed E-state index contributed by atoms with van der Waals surface area (Å²) in [6.45, 7) is 5.51. The smallest absolute Gasteiger partial charge is 0.244 e. The van der Waals surface area contributed by atoms with Crippen LogP contribution in [0.2, 0.25) is 0 Å². The monoisotopic (exact) mass is 390 g/mol. The largest absolute Gasteiger partial charge is 0.486 e. The SMILES string of the molecule is CCN(CC)S(=O)(=O)c1ccc(NN=Cc2ccc3c(c2)OCCO3)nc1. The van der Waals surface area contributed by atoms with Crippen LogP contribution in [0.4, 0.5) is 5.82 Å². The van der Waals surface area contributed by atoms with E-state index in [1.54, 1.807) is 26.1 Å². The third kappa shape index (κ3) is 4.37. The summed E-state index contributed by atoms with van der Waals surface area (Å²) in [7, 11) is -3.51. The molecule has 0 radical (unpaired) electrons. The average Bonchev–Trinajstić information content (AvgIpc) is 2.69. The highest BCUT2D eigenvalue weighted by atomic mass is 32.2. The molecule has 0 fully saturated rings. The maximum atomic E-state index is 12.4. The number of fused-ring (bicyclic) bond motifs is 1. The number of hydrogen-bond donors (Lipinski definition) is 1. The van der Waals surface area contributed by atoms with Crippen LogP contribution in [0.5, 0.6) is 11.5 Å². The molecule has 0 amide bonds. The molecule has 0 spiro atoms. The van der Waals surface area contributed by atoms with Gasteiger partial charge in [-0.1, -0.05) is 13.8 Å². The van der Waals surface area contributed by atoms with Crippen LogP contribution in [0.1, 0.15) is 19.4 Å². The molecule has 1 aromatic heterocycles. The fraction of sp³-hybridized carbons (Fsp3) is 0.333. The molecule has 9 heteroatoms. The second kappa shape index (κ2) is 8.36. The van der Waals surface area contributed by atoms with Gasteiger partial charge in [0.2, 0.25) is 10.0 Å². The number of anilines is 1. The van der Waals surface area contributed by atoms with Crippen LogP contribution in [0.3, 0.4) is 0 Å². The van der Waals surface area contributed by atoms with Gasteiger partial charge in [-0.3, -0.25) is 5.43 Å². The Bertz CT molecular complexity index is 909. The van der Waals surface area contributed by atoms with E-state index in [9.17, 15) is 8.42 Å². The van der Waals surface area contributed by atoms with Gasteiger partial charge in [0.15, 0.2) is 11.5 Å². The molecule has 0 saturated heterocycles. The van der Waals surface area contributed by atoms with Crippen molar-refractivity contribution in [1.82, 2.24) is 9.29 Å². The second-order valence-electron chi connectivity index (χ2n) is 5.74. The van der Waals surface area contributed by atoms with Gasteiger partial charge in [-0.15, -0.1) is 0 Å². The Balaban J connectivity index is 1.66. The van der Waals surface area contributed by atoms with Gasteiger partial charge in [-0.2, -0.15) is 9.41 Å². The molecule has 8 nitrogen and oxygen atoms in total. The lowest BCUT2D eigenvalue weighted by Gasteiger charge is -2.18. The number of sulfonamides is 1. The summed E-state index contributed by atoms with van der Waals surface area (Å²) in [4.78, 5) is 4.28. The molecule has 1 N–H and O–H groups in total. The van der Waals surface area contributed by atoms with Crippen molar-refractivity contribution in [2.24, 2.45) is 5.10 Å². The highest BCUT2D eigenvalue weighted by Crippen LogP contribution is 2.30. The maximum Gasteiger partial charge on any atom is 0.244 e. The van der Waals surface area contributed by atoms with Gasteiger partial charge in [-0.25, -0.2) is 13.4 Å². The molecule has 27 heavy (non-hydrogen) atoms. The maximum absolute atomic E-state index is 12.4. The van der Waals surface area contributed by atoms with Crippen molar-refractivity contribution < 1.29 is 17.9 Å². The second-order valence-corrected chi connectivity index (χ2v) is 7.68. The molecule has 3 rings (SSSR count). The minimum absolute atomic E-state index is 0.160. The first-order valence-corrected chi connectivity index (χ1v) is 10.1. The number of hydrazone groups is 1. The van der Waals surface area contributed by atoms with Crippen LogP contribution in [0.15, 0.2) is 46.5 Å². The molecular formula is C18H22N4O4S. The summed E-state index contributed by atoms with van der Waals surface area (Å²) < 4.78 is 37.3. The van der Waals surface area contributed by atoms with Crippen molar-refractivity contribution in [2.45, 2.75) is 18.7 Å². The van der Waals surface area contributed by atoms with Gasteiger partial charge in [-0.05, 0) is 35.9 Å². The van der Waals surface area contributed by atoms with Crippen LogP contribution in [0, 0.1) is 0 Å². The Morgan fingerprint density at radius 3 is 2.56 bits per heavy atom. The van der Waals surface area contributed by atoms with Gasteiger partial charge in [0, 0.05) is 19.3 Å². The van der Waals surface area contributed by atoms with E-state index in [1.807, 2.05) is 18.2 Å². The number of ether oxygens (including phenoxy) is 2. The van der Waals surface area contributed by atoms with Gasteiger partial charge in [0.1, 0.15) is 23.9 Å². The van der Waals surface area contributed by atoms with E-state index in [4.69, 9.17) is 9.47 Å². The van der Waals surface area contributed by atoms with Gasteiger partial charge >= 0.3 is 0 Å². The standard InChI is InChI=1S/C18H22N4O4S/c1-3-22(4-2)27(23,24)15-6-8-18(19-13-15)21-20-12-14-5-7-16-17(11-14)26-10-9-25-16/h5-8,11-13H,3-4,9-10H2,1-2H3,(H,19,21). The zero-order valence-corrected chi connectivity index (χ0v) is 16.1. The average molecular weight is 390 g/mol. The highest BCUT2D eigenvalue weighted by molar-refractivity contribution is 7.89. The first-order valence-electron chi connectivity index (χ1n) is 8.69. The van der Waals surface area contributed by atoms with E-state index < -0.39 is 10.0 Å². The number of aromatic nitrogens is 1. The summed E-state index contributed by atoms with van der Waals surface area (Å²) in [6, 6.07) is 8.64. The summed E-state index contributed by atoms with van der Waals surface area (Å²) in [5, 5.41) is 4.13. The molecule has 1 aliphatic heterocycles. The predicted octanol–water partition coefficient (Wildman–Crippen LogP) is 2.33. The first kappa shape index (κ1) is 19.1. The van der Waals surface area contributed by atoms with Crippen molar-refractivity contribution in [3.05, 3.63) is 42.1 Å². The molecule has 0 bridgehead atoms. The summed E-state index contributed by atoms with van der Waals surface area (Å²) in [6.07, 6.45) is 2.95. The highest BCUT2D eigenvalue weighted by Gasteiger charge is 2.21. The number of pyridine rings is 1. The van der Waals surface area contributed by atoms with Crippen LogP contribution in [-0.4, -0.2) is 50.2 Å². The van der Waals surface area contributed by atoms with E-state index in [2.05, 4.69) is 15.5 Å². The zero-order valence-electron chi connectivity index (χ0n) is 15.3. The Kier molecular flexibility index (Phi) is 5.92. The molecule has 0 unspecified atom stereocenters. The molecular weight excluding hydrogens is 368 g/mol. The number of nitrogens with zero attached hydrogens (tertiary/aromatic N) is 3. The fourth-order valence-corrected chi connectivity index (χ4v) is 4.03. The van der Waals surface area contributed by atoms with E-state index >= 15 is 0 Å². The summed E-state index contributed by atoms with van der Waals surface area (Å²) in [5.41, 5.74) is 3.63. The van der Waals surface area contributed by atoms with Crippen molar-refractivity contribution in [1.29, 1.82) is 0 Å². The minimum Gasteiger partial charge on any atom is -0.486 e. The van der Waals surface area contributed by atoms with E-state index in [1.165, 1.54) is 16.6 Å². The van der Waals surface area contributed by atoms with Crippen molar-refractivity contribution in [3.8, 4) is 11.5 Å². The molecule has 1 aliphatic rings. The Labute approximate surface area is 158 Å². The third-order valence-corrected chi connectivity index (χ3v) is 6.07. The van der Waals surface area contributed by atoms with Crippen LogP contribution in [-0.2, 0) is 10.0 Å². The molecule has 0 atom stereocenters. The van der Waals surface area contributed by atoms with Gasteiger partial charge in [0.05, 0.1) is 6.21 Å². The fourth-order valence-electron chi connectivity index (χ4n) is 2.62. The quantitative estimate of drug-likeness (QED) is 0.576. The molecule has 0 aliphatic carbocycles. The first-order chi connectivity index (χ1) is 13.0. The minimum atomic E-state index is -3.51. The Hall–Kier alpha value is -2.65. The number of benzene rings is 1. The number of nitrogens with one attached hydrogen (secondary N) is 1. The van der Waals surface area contributed by atoms with E-state index in [0.29, 0.717) is 37.9 Å². The normalized spacial score (nSPS) is 13.9. The lowest BCUT2D eigenvalue weighted by Crippen LogP contribution is -2.30. The van der Waals surface area contributed by atoms with Gasteiger partial charge < -0.3 is 9.47 Å². The summed E-state index contributed by atoms with van der Waals surface area (Å²) in [5.74, 6) is 1.86. The van der Waals surface area contributed by atoms with Crippen molar-refractivity contribution in [2.75, 3.05) is 31.7 Å². The Morgan fingerprint density at radius 1 is 1.15 bits per heavy atom. The lowest BCUT2D eigenvalue weighted by atomic mass is 10.2. The van der Waals surface area contributed by atoms with Crippen LogP contribution >= 0.6 is 0 Å². The number of hydrogen-bond acceptors (Lipinski definition) is 7.